The van der Waals surface area contributed by atoms with Crippen molar-refractivity contribution in [2.24, 2.45) is 0 Å². The van der Waals surface area contributed by atoms with Crippen LogP contribution in [0.3, 0.4) is 0 Å². The smallest absolute Gasteiger partial charge is 0.187 e. The monoisotopic (exact) mass is 530 g/mol. The van der Waals surface area contributed by atoms with E-state index in [1.807, 2.05) is 48.5 Å². The molecule has 0 amide bonds. The van der Waals surface area contributed by atoms with E-state index in [-0.39, 0.29) is 18.2 Å². The van der Waals surface area contributed by atoms with Crippen molar-refractivity contribution in [1.82, 2.24) is 4.90 Å². The topological polar surface area (TPSA) is 50.8 Å². The van der Waals surface area contributed by atoms with Crippen LogP contribution in [0.25, 0.3) is 0 Å². The largest absolute Gasteiger partial charge is 0.497 e. The highest BCUT2D eigenvalue weighted by Crippen LogP contribution is 2.20. The molecule has 0 spiro atoms. The number of anilines is 1. The second-order valence-electron chi connectivity index (χ2n) is 9.27. The molecular formula is C31H47ClN2O3. The summed E-state index contributed by atoms with van der Waals surface area (Å²) in [6, 6.07) is 15.2. The first-order chi connectivity index (χ1) is 17.6. The molecule has 2 rings (SSSR count). The second-order valence-corrected chi connectivity index (χ2v) is 9.27. The first-order valence-corrected chi connectivity index (χ1v) is 13.7. The Morgan fingerprint density at radius 2 is 1.38 bits per heavy atom. The van der Waals surface area contributed by atoms with Gasteiger partial charge >= 0.3 is 0 Å². The molecule has 0 radical (unpaired) electrons. The number of hydrogen-bond acceptors (Lipinski definition) is 5. The van der Waals surface area contributed by atoms with E-state index in [2.05, 4.69) is 31.0 Å². The van der Waals surface area contributed by atoms with Gasteiger partial charge in [0.2, 0.25) is 0 Å². The van der Waals surface area contributed by atoms with Gasteiger partial charge in [-0.05, 0) is 93.7 Å². The van der Waals surface area contributed by atoms with E-state index in [0.717, 1.165) is 55.1 Å². The number of carbonyl (C=O) groups excluding carboxylic acids is 1. The highest BCUT2D eigenvalue weighted by molar-refractivity contribution is 6.05. The zero-order valence-corrected chi connectivity index (χ0v) is 24.1. The van der Waals surface area contributed by atoms with Gasteiger partial charge < -0.3 is 19.7 Å². The molecule has 0 aliphatic carbocycles. The molecule has 0 bridgehead atoms. The fourth-order valence-corrected chi connectivity index (χ4v) is 3.93. The van der Waals surface area contributed by atoms with Gasteiger partial charge in [0.1, 0.15) is 11.5 Å². The first-order valence-electron chi connectivity index (χ1n) is 13.7. The third kappa shape index (κ3) is 13.0. The van der Waals surface area contributed by atoms with Crippen LogP contribution in [0.5, 0.6) is 11.5 Å². The Kier molecular flexibility index (Phi) is 17.2. The van der Waals surface area contributed by atoms with Crippen LogP contribution < -0.4 is 14.8 Å². The highest BCUT2D eigenvalue weighted by atomic mass is 35.5. The fraction of sp³-hybridized carbons (Fsp3) is 0.516. The maximum Gasteiger partial charge on any atom is 0.187 e. The van der Waals surface area contributed by atoms with Crippen molar-refractivity contribution in [2.75, 3.05) is 38.7 Å². The van der Waals surface area contributed by atoms with E-state index >= 15 is 0 Å². The Bertz CT molecular complexity index is 890. The van der Waals surface area contributed by atoms with Crippen molar-refractivity contribution >= 4 is 23.9 Å². The average molecular weight is 531 g/mol. The van der Waals surface area contributed by atoms with Crippen LogP contribution in [-0.4, -0.2) is 44.0 Å². The van der Waals surface area contributed by atoms with Gasteiger partial charge in [-0.1, -0.05) is 40.0 Å². The SMILES string of the molecule is CCCCC(=CC(=O)c1ccc(OCCCN(CCCC)CCCC)cc1)Nc1ccc(OC)cc1.Cl. The molecule has 2 aromatic carbocycles. The number of halogens is 1. The lowest BCUT2D eigenvalue weighted by atomic mass is 10.1. The van der Waals surface area contributed by atoms with Gasteiger partial charge in [0, 0.05) is 29.6 Å². The van der Waals surface area contributed by atoms with E-state index in [9.17, 15) is 4.79 Å². The number of ketones is 1. The molecule has 0 saturated heterocycles. The third-order valence-electron chi connectivity index (χ3n) is 6.18. The summed E-state index contributed by atoms with van der Waals surface area (Å²) in [6.07, 6.45) is 10.6. The van der Waals surface area contributed by atoms with E-state index in [1.165, 1.54) is 38.8 Å². The molecule has 0 atom stereocenters. The summed E-state index contributed by atoms with van der Waals surface area (Å²) in [5.74, 6) is 1.62. The highest BCUT2D eigenvalue weighted by Gasteiger charge is 2.08. The molecule has 0 saturated carbocycles. The van der Waals surface area contributed by atoms with E-state index in [1.54, 1.807) is 13.2 Å². The van der Waals surface area contributed by atoms with Gasteiger partial charge in [-0.15, -0.1) is 12.4 Å². The van der Waals surface area contributed by atoms with Crippen molar-refractivity contribution in [3.63, 3.8) is 0 Å². The number of unbranched alkanes of at least 4 members (excludes halogenated alkanes) is 3. The van der Waals surface area contributed by atoms with Gasteiger partial charge in [-0.25, -0.2) is 0 Å². The predicted molar refractivity (Wildman–Crippen MR) is 159 cm³/mol. The van der Waals surface area contributed by atoms with Crippen LogP contribution in [0.15, 0.2) is 60.3 Å². The lowest BCUT2D eigenvalue weighted by molar-refractivity contribution is 0.104. The molecule has 0 heterocycles. The number of nitrogens with zero attached hydrogens (tertiary/aromatic N) is 1. The van der Waals surface area contributed by atoms with Crippen LogP contribution >= 0.6 is 12.4 Å². The number of rotatable bonds is 19. The Balaban J connectivity index is 0.00000684. The van der Waals surface area contributed by atoms with Crippen molar-refractivity contribution in [1.29, 1.82) is 0 Å². The molecule has 0 aromatic heterocycles. The number of hydrogen-bond donors (Lipinski definition) is 1. The summed E-state index contributed by atoms with van der Waals surface area (Å²) in [5.41, 5.74) is 2.53. The summed E-state index contributed by atoms with van der Waals surface area (Å²) in [6.45, 7) is 10.8. The van der Waals surface area contributed by atoms with Gasteiger partial charge in [0.15, 0.2) is 5.78 Å². The molecular weight excluding hydrogens is 484 g/mol. The molecule has 0 fully saturated rings. The summed E-state index contributed by atoms with van der Waals surface area (Å²) in [7, 11) is 1.65. The number of ether oxygens (including phenoxy) is 2. The molecule has 2 aromatic rings. The van der Waals surface area contributed by atoms with Gasteiger partial charge in [-0.2, -0.15) is 0 Å². The van der Waals surface area contributed by atoms with Crippen LogP contribution in [0.2, 0.25) is 0 Å². The van der Waals surface area contributed by atoms with Crippen LogP contribution in [0.1, 0.15) is 82.5 Å². The summed E-state index contributed by atoms with van der Waals surface area (Å²) < 4.78 is 11.2. The molecule has 37 heavy (non-hydrogen) atoms. The quantitative estimate of drug-likeness (QED) is 0.113. The maximum absolute atomic E-state index is 12.9. The van der Waals surface area contributed by atoms with Crippen molar-refractivity contribution in [3.05, 3.63) is 65.9 Å². The fourth-order valence-electron chi connectivity index (χ4n) is 3.93. The Labute approximate surface area is 231 Å². The molecule has 0 unspecified atom stereocenters. The third-order valence-corrected chi connectivity index (χ3v) is 6.18. The summed E-state index contributed by atoms with van der Waals surface area (Å²) in [4.78, 5) is 15.5. The minimum absolute atomic E-state index is 0. The number of methoxy groups -OCH3 is 1. The number of nitrogens with one attached hydrogen (secondary N) is 1. The Morgan fingerprint density at radius 1 is 0.811 bits per heavy atom. The molecule has 206 valence electrons. The van der Waals surface area contributed by atoms with Crippen LogP contribution in [0.4, 0.5) is 5.69 Å². The summed E-state index contributed by atoms with van der Waals surface area (Å²) >= 11 is 0. The predicted octanol–water partition coefficient (Wildman–Crippen LogP) is 8.16. The summed E-state index contributed by atoms with van der Waals surface area (Å²) in [5, 5.41) is 3.40. The van der Waals surface area contributed by atoms with Gasteiger partial charge in [-0.3, -0.25) is 4.79 Å². The molecule has 5 nitrogen and oxygen atoms in total. The molecule has 6 heteroatoms. The van der Waals surface area contributed by atoms with Crippen molar-refractivity contribution in [3.8, 4) is 11.5 Å². The zero-order chi connectivity index (χ0) is 26.0. The minimum atomic E-state index is -0.00356. The average Bonchev–Trinajstić information content (AvgIpc) is 2.91. The minimum Gasteiger partial charge on any atom is -0.497 e. The standard InChI is InChI=1S/C31H46N2O3.ClH/c1-5-8-12-28(32-27-15-19-29(35-4)20-16-27)25-31(34)26-13-17-30(18-14-26)36-24-11-23-33(21-9-6-2)22-10-7-3;/h13-20,25,32H,5-12,21-24H2,1-4H3;1H. The molecule has 0 aliphatic rings. The normalized spacial score (nSPS) is 11.2. The number of benzene rings is 2. The van der Waals surface area contributed by atoms with E-state index in [0.29, 0.717) is 12.2 Å². The van der Waals surface area contributed by atoms with E-state index in [4.69, 9.17) is 9.47 Å². The lowest BCUT2D eigenvalue weighted by Gasteiger charge is -2.21. The van der Waals surface area contributed by atoms with Crippen molar-refractivity contribution < 1.29 is 14.3 Å². The first kappa shape index (κ1) is 32.5. The lowest BCUT2D eigenvalue weighted by Crippen LogP contribution is -2.28. The Hall–Kier alpha value is -2.50. The molecule has 1 N–H and O–H groups in total. The van der Waals surface area contributed by atoms with Gasteiger partial charge in [0.25, 0.3) is 0 Å². The van der Waals surface area contributed by atoms with Crippen LogP contribution in [-0.2, 0) is 0 Å². The zero-order valence-electron chi connectivity index (χ0n) is 23.3. The van der Waals surface area contributed by atoms with Gasteiger partial charge in [0.05, 0.1) is 13.7 Å². The maximum atomic E-state index is 12.9. The van der Waals surface area contributed by atoms with E-state index < -0.39 is 0 Å². The number of allylic oxidation sites excluding steroid dienone is 2. The molecule has 0 aliphatic heterocycles. The Morgan fingerprint density at radius 3 is 1.95 bits per heavy atom. The number of carbonyl (C=O) groups is 1. The van der Waals surface area contributed by atoms with Crippen LogP contribution in [0, 0.1) is 0 Å². The second kappa shape index (κ2) is 19.6. The van der Waals surface area contributed by atoms with Crippen molar-refractivity contribution in [2.45, 2.75) is 72.1 Å².